The molecule has 0 aliphatic rings. The molecule has 0 fully saturated rings. The number of carbonyl (C=O) groups excluding carboxylic acids is 3. The van der Waals surface area contributed by atoms with E-state index in [9.17, 15) is 14.4 Å². The van der Waals surface area contributed by atoms with Gasteiger partial charge in [-0.25, -0.2) is 0 Å². The van der Waals surface area contributed by atoms with E-state index in [4.69, 9.17) is 14.2 Å². The van der Waals surface area contributed by atoms with E-state index in [0.29, 0.717) is 30.1 Å². The average Bonchev–Trinajstić information content (AvgIpc) is 3.10. The molecule has 2 rings (SSSR count). The fraction of sp³-hybridized carbons (Fsp3) is 0.480. The number of hydrogen-bond donors (Lipinski definition) is 1. The van der Waals surface area contributed by atoms with Crippen LogP contribution >= 0.6 is 0 Å². The Morgan fingerprint density at radius 2 is 1.82 bits per heavy atom. The maximum atomic E-state index is 12.6. The summed E-state index contributed by atoms with van der Waals surface area (Å²) in [6.45, 7) is 8.30. The highest BCUT2D eigenvalue weighted by Crippen LogP contribution is 2.21. The molecular formula is C25H34N2O6. The van der Waals surface area contributed by atoms with Crippen molar-refractivity contribution in [3.63, 3.8) is 0 Å². The molecule has 1 heterocycles. The highest BCUT2D eigenvalue weighted by molar-refractivity contribution is 6.00. The van der Waals surface area contributed by atoms with Crippen molar-refractivity contribution in [2.45, 2.75) is 46.6 Å². The van der Waals surface area contributed by atoms with Crippen molar-refractivity contribution in [3.8, 4) is 5.75 Å². The summed E-state index contributed by atoms with van der Waals surface area (Å²) in [7, 11) is 1.63. The van der Waals surface area contributed by atoms with Crippen molar-refractivity contribution < 1.29 is 28.6 Å². The van der Waals surface area contributed by atoms with Gasteiger partial charge in [-0.2, -0.15) is 0 Å². The summed E-state index contributed by atoms with van der Waals surface area (Å²) in [5, 5.41) is 2.50. The Balaban J connectivity index is 1.83. The minimum Gasteiger partial charge on any atom is -0.494 e. The standard InChI is InChI=1S/C25H34N2O6/c1-6-7-12-32-21-10-8-20(9-11-21)25(30)26-14-24(29)33-16-23(28)22-13-17(2)27(19(22)4)18(3)15-31-5/h8-11,13,18H,6-7,12,14-16H2,1-5H3,(H,26,30). The van der Waals surface area contributed by atoms with E-state index in [1.54, 1.807) is 37.4 Å². The Labute approximate surface area is 195 Å². The van der Waals surface area contributed by atoms with Gasteiger partial charge in [0.05, 0.1) is 19.3 Å². The number of esters is 1. The van der Waals surface area contributed by atoms with Gasteiger partial charge in [0.2, 0.25) is 5.78 Å². The maximum absolute atomic E-state index is 12.6. The Bertz CT molecular complexity index is 949. The first-order chi connectivity index (χ1) is 15.8. The molecule has 0 bridgehead atoms. The van der Waals surface area contributed by atoms with Gasteiger partial charge in [-0.15, -0.1) is 0 Å². The average molecular weight is 459 g/mol. The number of aryl methyl sites for hydroxylation is 1. The number of carbonyl (C=O) groups is 3. The van der Waals surface area contributed by atoms with E-state index >= 15 is 0 Å². The maximum Gasteiger partial charge on any atom is 0.325 e. The molecule has 0 radical (unpaired) electrons. The summed E-state index contributed by atoms with van der Waals surface area (Å²) in [6, 6.07) is 8.55. The lowest BCUT2D eigenvalue weighted by Gasteiger charge is -2.17. The summed E-state index contributed by atoms with van der Waals surface area (Å²) in [5.41, 5.74) is 2.64. The molecule has 0 aliphatic heterocycles. The molecule has 1 atom stereocenters. The van der Waals surface area contributed by atoms with Crippen LogP contribution in [0.15, 0.2) is 30.3 Å². The molecular weight excluding hydrogens is 424 g/mol. The molecule has 1 unspecified atom stereocenters. The first-order valence-corrected chi connectivity index (χ1v) is 11.2. The largest absolute Gasteiger partial charge is 0.494 e. The van der Waals surface area contributed by atoms with E-state index in [2.05, 4.69) is 12.2 Å². The number of rotatable bonds is 13. The Kier molecular flexibility index (Phi) is 10.1. The molecule has 0 aliphatic carbocycles. The van der Waals surface area contributed by atoms with Crippen molar-refractivity contribution in [1.82, 2.24) is 9.88 Å². The first-order valence-electron chi connectivity index (χ1n) is 11.2. The topological polar surface area (TPSA) is 95.9 Å². The van der Waals surface area contributed by atoms with E-state index in [1.807, 2.05) is 25.3 Å². The van der Waals surface area contributed by atoms with Crippen molar-refractivity contribution in [2.75, 3.05) is 33.5 Å². The van der Waals surface area contributed by atoms with Crippen LogP contribution in [0.2, 0.25) is 0 Å². The summed E-state index contributed by atoms with van der Waals surface area (Å²) in [4.78, 5) is 36.9. The number of amides is 1. The number of ketones is 1. The Hall–Kier alpha value is -3.13. The minimum atomic E-state index is -0.683. The second-order valence-corrected chi connectivity index (χ2v) is 7.95. The molecule has 2 aromatic rings. The van der Waals surface area contributed by atoms with Gasteiger partial charge in [-0.3, -0.25) is 14.4 Å². The molecule has 33 heavy (non-hydrogen) atoms. The van der Waals surface area contributed by atoms with Gasteiger partial charge in [-0.05, 0) is 57.5 Å². The second-order valence-electron chi connectivity index (χ2n) is 7.95. The number of hydrogen-bond acceptors (Lipinski definition) is 6. The van der Waals surface area contributed by atoms with Crippen LogP contribution in [-0.4, -0.2) is 55.7 Å². The van der Waals surface area contributed by atoms with Crippen molar-refractivity contribution in [2.24, 2.45) is 0 Å². The molecule has 180 valence electrons. The number of Topliss-reactive ketones (excluding diaryl/α,β-unsaturated/α-hetero) is 1. The fourth-order valence-electron chi connectivity index (χ4n) is 3.62. The van der Waals surface area contributed by atoms with Crippen LogP contribution < -0.4 is 10.1 Å². The van der Waals surface area contributed by atoms with E-state index in [-0.39, 0.29) is 25.0 Å². The fourth-order valence-corrected chi connectivity index (χ4v) is 3.62. The van der Waals surface area contributed by atoms with Gasteiger partial charge >= 0.3 is 5.97 Å². The molecule has 0 spiro atoms. The zero-order chi connectivity index (χ0) is 24.4. The molecule has 1 N–H and O–H groups in total. The van der Waals surface area contributed by atoms with Crippen LogP contribution in [0.4, 0.5) is 0 Å². The first kappa shape index (κ1) is 26.1. The summed E-state index contributed by atoms with van der Waals surface area (Å²) < 4.78 is 17.9. The van der Waals surface area contributed by atoms with Crippen LogP contribution in [0.5, 0.6) is 5.75 Å². The van der Waals surface area contributed by atoms with Gasteiger partial charge in [0.25, 0.3) is 5.91 Å². The third-order valence-electron chi connectivity index (χ3n) is 5.27. The van der Waals surface area contributed by atoms with Crippen LogP contribution in [0.25, 0.3) is 0 Å². The van der Waals surface area contributed by atoms with Crippen molar-refractivity contribution in [3.05, 3.63) is 52.8 Å². The van der Waals surface area contributed by atoms with E-state index in [0.717, 1.165) is 24.2 Å². The lowest BCUT2D eigenvalue weighted by atomic mass is 10.1. The summed E-state index contributed by atoms with van der Waals surface area (Å²) in [6.07, 6.45) is 2.01. The number of nitrogens with one attached hydrogen (secondary N) is 1. The molecule has 1 aromatic carbocycles. The van der Waals surface area contributed by atoms with Crippen LogP contribution in [0, 0.1) is 13.8 Å². The zero-order valence-electron chi connectivity index (χ0n) is 20.1. The number of methoxy groups -OCH3 is 1. The lowest BCUT2D eigenvalue weighted by Crippen LogP contribution is -2.31. The lowest BCUT2D eigenvalue weighted by molar-refractivity contribution is -0.141. The van der Waals surface area contributed by atoms with Gasteiger partial charge in [-0.1, -0.05) is 13.3 Å². The van der Waals surface area contributed by atoms with Gasteiger partial charge < -0.3 is 24.1 Å². The molecule has 8 nitrogen and oxygen atoms in total. The smallest absolute Gasteiger partial charge is 0.325 e. The molecule has 8 heteroatoms. The van der Waals surface area contributed by atoms with E-state index in [1.165, 1.54) is 0 Å². The monoisotopic (exact) mass is 458 g/mol. The molecule has 0 saturated heterocycles. The Morgan fingerprint density at radius 3 is 2.45 bits per heavy atom. The van der Waals surface area contributed by atoms with Gasteiger partial charge in [0, 0.05) is 29.6 Å². The summed E-state index contributed by atoms with van der Waals surface area (Å²) >= 11 is 0. The van der Waals surface area contributed by atoms with Crippen molar-refractivity contribution >= 4 is 17.7 Å². The van der Waals surface area contributed by atoms with Crippen LogP contribution in [0.3, 0.4) is 0 Å². The zero-order valence-corrected chi connectivity index (χ0v) is 20.1. The normalized spacial score (nSPS) is 11.7. The predicted molar refractivity (Wildman–Crippen MR) is 125 cm³/mol. The molecule has 1 aromatic heterocycles. The van der Waals surface area contributed by atoms with Gasteiger partial charge in [0.1, 0.15) is 12.3 Å². The number of nitrogens with zero attached hydrogens (tertiary/aromatic N) is 1. The predicted octanol–water partition coefficient (Wildman–Crippen LogP) is 3.65. The van der Waals surface area contributed by atoms with Gasteiger partial charge in [0.15, 0.2) is 6.61 Å². The number of ether oxygens (including phenoxy) is 3. The number of aromatic nitrogens is 1. The molecule has 0 saturated carbocycles. The molecule has 1 amide bonds. The Morgan fingerprint density at radius 1 is 1.12 bits per heavy atom. The summed E-state index contributed by atoms with van der Waals surface area (Å²) in [5.74, 6) is -0.696. The highest BCUT2D eigenvalue weighted by atomic mass is 16.5. The quantitative estimate of drug-likeness (QED) is 0.280. The second kappa shape index (κ2) is 12.8. The van der Waals surface area contributed by atoms with Crippen LogP contribution in [0.1, 0.15) is 64.8 Å². The third kappa shape index (κ3) is 7.46. The number of benzene rings is 1. The highest BCUT2D eigenvalue weighted by Gasteiger charge is 2.20. The van der Waals surface area contributed by atoms with E-state index < -0.39 is 11.9 Å². The number of unbranched alkanes of at least 4 members (excludes halogenated alkanes) is 1. The third-order valence-corrected chi connectivity index (χ3v) is 5.27. The minimum absolute atomic E-state index is 0.0753. The van der Waals surface area contributed by atoms with Crippen molar-refractivity contribution in [1.29, 1.82) is 0 Å². The SMILES string of the molecule is CCCCOc1ccc(C(=O)NCC(=O)OCC(=O)c2cc(C)n(C(C)COC)c2C)cc1. The van der Waals surface area contributed by atoms with Crippen LogP contribution in [-0.2, 0) is 14.3 Å².